The average molecular weight is 222 g/mol. The van der Waals surface area contributed by atoms with E-state index >= 15 is 0 Å². The van der Waals surface area contributed by atoms with Crippen molar-refractivity contribution in [1.82, 2.24) is 0 Å². The van der Waals surface area contributed by atoms with E-state index in [0.29, 0.717) is 12.1 Å². The Balaban J connectivity index is 2.55. The van der Waals surface area contributed by atoms with Crippen molar-refractivity contribution < 1.29 is 9.90 Å². The van der Waals surface area contributed by atoms with Crippen LogP contribution in [0.2, 0.25) is 0 Å². The summed E-state index contributed by atoms with van der Waals surface area (Å²) in [6, 6.07) is 6.58. The van der Waals surface area contributed by atoms with Crippen LogP contribution >= 0.6 is 0 Å². The highest BCUT2D eigenvalue weighted by molar-refractivity contribution is 5.94. The SMILES string of the molecule is CCC[C@@H](N)C(=O)Nc1ccc(CO)cc1. The predicted molar refractivity (Wildman–Crippen MR) is 63.9 cm³/mol. The van der Waals surface area contributed by atoms with E-state index in [0.717, 1.165) is 12.0 Å². The van der Waals surface area contributed by atoms with Crippen LogP contribution in [0.15, 0.2) is 24.3 Å². The first-order valence-electron chi connectivity index (χ1n) is 5.43. The lowest BCUT2D eigenvalue weighted by Gasteiger charge is -2.11. The number of aliphatic hydroxyl groups excluding tert-OH is 1. The van der Waals surface area contributed by atoms with Crippen LogP contribution in [0.25, 0.3) is 0 Å². The summed E-state index contributed by atoms with van der Waals surface area (Å²) in [5.74, 6) is -0.168. The van der Waals surface area contributed by atoms with E-state index < -0.39 is 6.04 Å². The number of hydrogen-bond donors (Lipinski definition) is 3. The van der Waals surface area contributed by atoms with Crippen LogP contribution in [0, 0.1) is 0 Å². The van der Waals surface area contributed by atoms with E-state index in [2.05, 4.69) is 5.32 Å². The van der Waals surface area contributed by atoms with Gasteiger partial charge in [0.1, 0.15) is 0 Å². The molecule has 1 atom stereocenters. The van der Waals surface area contributed by atoms with Crippen LogP contribution in [-0.4, -0.2) is 17.1 Å². The van der Waals surface area contributed by atoms with Gasteiger partial charge in [-0.15, -0.1) is 0 Å². The van der Waals surface area contributed by atoms with E-state index in [1.165, 1.54) is 0 Å². The molecule has 0 unspecified atom stereocenters. The minimum Gasteiger partial charge on any atom is -0.392 e. The highest BCUT2D eigenvalue weighted by atomic mass is 16.3. The summed E-state index contributed by atoms with van der Waals surface area (Å²) < 4.78 is 0. The summed E-state index contributed by atoms with van der Waals surface area (Å²) in [5.41, 5.74) is 7.20. The van der Waals surface area contributed by atoms with E-state index in [1.807, 2.05) is 6.92 Å². The third-order valence-corrected chi connectivity index (χ3v) is 2.34. The molecular weight excluding hydrogens is 204 g/mol. The summed E-state index contributed by atoms with van der Waals surface area (Å²) in [7, 11) is 0. The molecule has 0 fully saturated rings. The van der Waals surface area contributed by atoms with Gasteiger partial charge in [0.2, 0.25) is 5.91 Å². The maximum atomic E-state index is 11.6. The van der Waals surface area contributed by atoms with Crippen LogP contribution in [0.1, 0.15) is 25.3 Å². The summed E-state index contributed by atoms with van der Waals surface area (Å²) in [4.78, 5) is 11.6. The number of carbonyl (C=O) groups excluding carboxylic acids is 1. The molecule has 4 nitrogen and oxygen atoms in total. The predicted octanol–water partition coefficient (Wildman–Crippen LogP) is 1.24. The second kappa shape index (κ2) is 6.25. The standard InChI is InChI=1S/C12H18N2O2/c1-2-3-11(13)12(16)14-10-6-4-9(8-15)5-7-10/h4-7,11,15H,2-3,8,13H2,1H3,(H,14,16)/t11-/m1/s1. The molecule has 1 aromatic rings. The Morgan fingerprint density at radius 1 is 1.44 bits per heavy atom. The number of nitrogens with one attached hydrogen (secondary N) is 1. The second-order valence-electron chi connectivity index (χ2n) is 3.74. The molecule has 0 spiro atoms. The zero-order valence-electron chi connectivity index (χ0n) is 9.44. The van der Waals surface area contributed by atoms with Gasteiger partial charge < -0.3 is 16.2 Å². The highest BCUT2D eigenvalue weighted by Crippen LogP contribution is 2.10. The maximum Gasteiger partial charge on any atom is 0.241 e. The fourth-order valence-corrected chi connectivity index (χ4v) is 1.37. The Morgan fingerprint density at radius 3 is 2.56 bits per heavy atom. The highest BCUT2D eigenvalue weighted by Gasteiger charge is 2.11. The number of benzene rings is 1. The number of rotatable bonds is 5. The Morgan fingerprint density at radius 2 is 2.06 bits per heavy atom. The minimum absolute atomic E-state index is 0.00355. The summed E-state index contributed by atoms with van der Waals surface area (Å²) in [6.07, 6.45) is 1.57. The first kappa shape index (κ1) is 12.7. The molecule has 16 heavy (non-hydrogen) atoms. The molecule has 0 aliphatic carbocycles. The van der Waals surface area contributed by atoms with Gasteiger partial charge in [-0.05, 0) is 24.1 Å². The maximum absolute atomic E-state index is 11.6. The quantitative estimate of drug-likeness (QED) is 0.701. The van der Waals surface area contributed by atoms with Crippen LogP contribution < -0.4 is 11.1 Å². The van der Waals surface area contributed by atoms with E-state index in [9.17, 15) is 4.79 Å². The summed E-state index contributed by atoms with van der Waals surface area (Å²) in [6.45, 7) is 1.99. The lowest BCUT2D eigenvalue weighted by molar-refractivity contribution is -0.117. The molecule has 0 saturated heterocycles. The van der Waals surface area contributed by atoms with Crippen molar-refractivity contribution in [1.29, 1.82) is 0 Å². The van der Waals surface area contributed by atoms with Crippen molar-refractivity contribution in [2.24, 2.45) is 5.73 Å². The molecule has 0 radical (unpaired) electrons. The lowest BCUT2D eigenvalue weighted by atomic mass is 10.1. The minimum atomic E-state index is -0.456. The van der Waals surface area contributed by atoms with Crippen molar-refractivity contribution in [3.63, 3.8) is 0 Å². The largest absolute Gasteiger partial charge is 0.392 e. The Hall–Kier alpha value is -1.39. The third-order valence-electron chi connectivity index (χ3n) is 2.34. The Labute approximate surface area is 95.5 Å². The van der Waals surface area contributed by atoms with E-state index in [1.54, 1.807) is 24.3 Å². The number of aliphatic hydroxyl groups is 1. The number of amides is 1. The molecule has 0 aliphatic rings. The van der Waals surface area contributed by atoms with Gasteiger partial charge in [-0.2, -0.15) is 0 Å². The molecule has 0 heterocycles. The molecule has 0 bridgehead atoms. The molecule has 0 aliphatic heterocycles. The third kappa shape index (κ3) is 3.64. The van der Waals surface area contributed by atoms with Gasteiger partial charge in [0.05, 0.1) is 12.6 Å². The summed E-state index contributed by atoms with van der Waals surface area (Å²) >= 11 is 0. The first-order chi connectivity index (χ1) is 7.67. The van der Waals surface area contributed by atoms with Gasteiger partial charge in [-0.1, -0.05) is 25.5 Å². The van der Waals surface area contributed by atoms with Crippen LogP contribution in [0.3, 0.4) is 0 Å². The van der Waals surface area contributed by atoms with Crippen molar-refractivity contribution in [3.8, 4) is 0 Å². The van der Waals surface area contributed by atoms with Gasteiger partial charge in [0.15, 0.2) is 0 Å². The van der Waals surface area contributed by atoms with Gasteiger partial charge in [0.25, 0.3) is 0 Å². The topological polar surface area (TPSA) is 75.4 Å². The van der Waals surface area contributed by atoms with E-state index in [4.69, 9.17) is 10.8 Å². The smallest absolute Gasteiger partial charge is 0.241 e. The molecule has 1 aromatic carbocycles. The second-order valence-corrected chi connectivity index (χ2v) is 3.74. The van der Waals surface area contributed by atoms with Crippen molar-refractivity contribution in [3.05, 3.63) is 29.8 Å². The molecule has 0 saturated carbocycles. The van der Waals surface area contributed by atoms with Crippen molar-refractivity contribution in [2.45, 2.75) is 32.4 Å². The van der Waals surface area contributed by atoms with Gasteiger partial charge in [0, 0.05) is 5.69 Å². The van der Waals surface area contributed by atoms with Gasteiger partial charge in [-0.25, -0.2) is 0 Å². The Bertz CT molecular complexity index is 335. The average Bonchev–Trinajstić information content (AvgIpc) is 2.30. The van der Waals surface area contributed by atoms with Gasteiger partial charge >= 0.3 is 0 Å². The number of carbonyl (C=O) groups is 1. The van der Waals surface area contributed by atoms with E-state index in [-0.39, 0.29) is 12.5 Å². The number of anilines is 1. The molecule has 1 amide bonds. The fraction of sp³-hybridized carbons (Fsp3) is 0.417. The van der Waals surface area contributed by atoms with Gasteiger partial charge in [-0.3, -0.25) is 4.79 Å². The zero-order valence-corrected chi connectivity index (χ0v) is 9.44. The molecule has 1 rings (SSSR count). The fourth-order valence-electron chi connectivity index (χ4n) is 1.37. The van der Waals surface area contributed by atoms with Crippen molar-refractivity contribution >= 4 is 11.6 Å². The molecule has 4 N–H and O–H groups in total. The molecule has 88 valence electrons. The molecular formula is C12H18N2O2. The first-order valence-corrected chi connectivity index (χ1v) is 5.43. The van der Waals surface area contributed by atoms with Crippen LogP contribution in [0.5, 0.6) is 0 Å². The Kier molecular flexibility index (Phi) is 4.95. The number of hydrogen-bond acceptors (Lipinski definition) is 3. The van der Waals surface area contributed by atoms with Crippen LogP contribution in [0.4, 0.5) is 5.69 Å². The van der Waals surface area contributed by atoms with Crippen LogP contribution in [-0.2, 0) is 11.4 Å². The molecule has 0 aromatic heterocycles. The zero-order chi connectivity index (χ0) is 12.0. The molecule has 4 heteroatoms. The normalized spacial score (nSPS) is 12.2. The van der Waals surface area contributed by atoms with Crippen molar-refractivity contribution in [2.75, 3.05) is 5.32 Å². The monoisotopic (exact) mass is 222 g/mol. The summed E-state index contributed by atoms with van der Waals surface area (Å²) in [5, 5.41) is 11.6. The lowest BCUT2D eigenvalue weighted by Crippen LogP contribution is -2.35. The number of nitrogens with two attached hydrogens (primary N) is 1.